The van der Waals surface area contributed by atoms with E-state index in [0.29, 0.717) is 16.5 Å². The molecule has 4 aromatic carbocycles. The molecule has 0 spiro atoms. The number of amides is 2. The highest BCUT2D eigenvalue weighted by Gasteiger charge is 2.29. The van der Waals surface area contributed by atoms with Crippen LogP contribution in [0.2, 0.25) is 10.0 Å². The molecule has 226 valence electrons. The van der Waals surface area contributed by atoms with E-state index in [2.05, 4.69) is 10.6 Å². The summed E-state index contributed by atoms with van der Waals surface area (Å²) in [6.07, 6.45) is -0.297. The minimum atomic E-state index is -4.34. The van der Waals surface area contributed by atoms with E-state index < -0.39 is 27.7 Å². The van der Waals surface area contributed by atoms with Gasteiger partial charge in [-0.2, -0.15) is 0 Å². The highest BCUT2D eigenvalue weighted by Crippen LogP contribution is 2.35. The molecule has 0 atom stereocenters. The zero-order chi connectivity index (χ0) is 31.1. The Kier molecular flexibility index (Phi) is 10.3. The number of nitrogens with one attached hydrogen (secondary N) is 2. The smallest absolute Gasteiger partial charge is 0.319 e. The molecule has 4 aromatic rings. The normalized spacial score (nSPS) is 11.1. The van der Waals surface area contributed by atoms with Gasteiger partial charge in [-0.15, -0.1) is 0 Å². The number of ether oxygens (including phenoxy) is 2. The van der Waals surface area contributed by atoms with Crippen LogP contribution in [0.5, 0.6) is 11.5 Å². The molecule has 2 N–H and O–H groups in total. The van der Waals surface area contributed by atoms with Gasteiger partial charge in [0.15, 0.2) is 11.5 Å². The van der Waals surface area contributed by atoms with E-state index in [0.717, 1.165) is 16.4 Å². The second-order valence-electron chi connectivity index (χ2n) is 9.14. The van der Waals surface area contributed by atoms with Gasteiger partial charge in [-0.25, -0.2) is 22.0 Å². The Morgan fingerprint density at radius 2 is 1.53 bits per heavy atom. The van der Waals surface area contributed by atoms with Crippen LogP contribution in [0.3, 0.4) is 0 Å². The molecule has 0 aromatic heterocycles. The fourth-order valence-electron chi connectivity index (χ4n) is 4.32. The van der Waals surface area contributed by atoms with Crippen molar-refractivity contribution in [2.24, 2.45) is 0 Å². The van der Waals surface area contributed by atoms with Crippen molar-refractivity contribution in [3.63, 3.8) is 0 Å². The number of halogens is 4. The number of carbonyl (C=O) groups excluding carboxylic acids is 1. The molecule has 0 aliphatic carbocycles. The Hall–Kier alpha value is -4.06. The van der Waals surface area contributed by atoms with Gasteiger partial charge in [0.1, 0.15) is 11.6 Å². The fraction of sp³-hybridized carbons (Fsp3) is 0.167. The minimum absolute atomic E-state index is 0.110. The van der Waals surface area contributed by atoms with E-state index in [9.17, 15) is 22.0 Å². The molecule has 8 nitrogen and oxygen atoms in total. The lowest BCUT2D eigenvalue weighted by Gasteiger charge is -2.27. The average Bonchev–Trinajstić information content (AvgIpc) is 2.97. The molecular formula is C30H27Cl2F2N3O5S. The van der Waals surface area contributed by atoms with E-state index in [-0.39, 0.29) is 52.0 Å². The molecule has 4 rings (SSSR count). The molecule has 0 saturated carbocycles. The fourth-order valence-corrected chi connectivity index (χ4v) is 6.22. The number of carbonyl (C=O) groups is 1. The van der Waals surface area contributed by atoms with E-state index in [4.69, 9.17) is 32.7 Å². The summed E-state index contributed by atoms with van der Waals surface area (Å²) in [5.41, 5.74) is 0.531. The standard InChI is InChI=1S/C30H27Cl2F2N3O5S/c1-41-28-12-10-23(18-29(28)42-2)43(39,40)37(14-13-35-30(38)36-22-6-3-5-20(31)17-22)27-11-9-21(32)15-19(27)16-24-25(33)7-4-8-26(24)34/h3-12,15,17-18H,13-14,16H2,1-2H3,(H2,35,36,38). The molecule has 0 bridgehead atoms. The van der Waals surface area contributed by atoms with E-state index in [1.54, 1.807) is 24.3 Å². The maximum Gasteiger partial charge on any atom is 0.319 e. The van der Waals surface area contributed by atoms with E-state index in [1.807, 2.05) is 0 Å². The molecule has 0 fully saturated rings. The first-order chi connectivity index (χ1) is 20.5. The molecule has 2 amide bonds. The van der Waals surface area contributed by atoms with Crippen LogP contribution in [-0.2, 0) is 16.4 Å². The van der Waals surface area contributed by atoms with Gasteiger partial charge in [0.25, 0.3) is 10.0 Å². The van der Waals surface area contributed by atoms with Crippen LogP contribution >= 0.6 is 23.2 Å². The van der Waals surface area contributed by atoms with E-state index in [1.165, 1.54) is 56.7 Å². The molecular weight excluding hydrogens is 623 g/mol. The van der Waals surface area contributed by atoms with Gasteiger partial charge in [0.2, 0.25) is 0 Å². The highest BCUT2D eigenvalue weighted by atomic mass is 35.5. The molecule has 43 heavy (non-hydrogen) atoms. The quantitative estimate of drug-likeness (QED) is 0.184. The number of hydrogen-bond donors (Lipinski definition) is 2. The van der Waals surface area contributed by atoms with Crippen LogP contribution in [0.1, 0.15) is 11.1 Å². The predicted molar refractivity (Wildman–Crippen MR) is 163 cm³/mol. The van der Waals surface area contributed by atoms with Gasteiger partial charge in [0.05, 0.1) is 31.3 Å². The molecule has 0 aliphatic rings. The van der Waals surface area contributed by atoms with Gasteiger partial charge in [-0.3, -0.25) is 4.31 Å². The zero-order valence-corrected chi connectivity index (χ0v) is 25.4. The van der Waals surface area contributed by atoms with Crippen molar-refractivity contribution in [2.45, 2.75) is 11.3 Å². The Labute approximate surface area is 258 Å². The lowest BCUT2D eigenvalue weighted by molar-refractivity contribution is 0.252. The number of nitrogens with zero attached hydrogens (tertiary/aromatic N) is 1. The average molecular weight is 651 g/mol. The second-order valence-corrected chi connectivity index (χ2v) is 11.9. The number of methoxy groups -OCH3 is 2. The first kappa shape index (κ1) is 31.9. The molecule has 0 unspecified atom stereocenters. The second kappa shape index (κ2) is 13.9. The molecule has 0 radical (unpaired) electrons. The number of urea groups is 1. The molecule has 0 heterocycles. The number of hydrogen-bond acceptors (Lipinski definition) is 5. The van der Waals surface area contributed by atoms with Crippen molar-refractivity contribution in [1.82, 2.24) is 5.32 Å². The van der Waals surface area contributed by atoms with Crippen molar-refractivity contribution >= 4 is 50.6 Å². The first-order valence-corrected chi connectivity index (χ1v) is 15.0. The van der Waals surface area contributed by atoms with Gasteiger partial charge in [0, 0.05) is 40.3 Å². The number of benzene rings is 4. The van der Waals surface area contributed by atoms with Gasteiger partial charge in [-0.05, 0) is 66.2 Å². The number of sulfonamides is 1. The van der Waals surface area contributed by atoms with Crippen LogP contribution in [0.15, 0.2) is 83.8 Å². The summed E-state index contributed by atoms with van der Waals surface area (Å²) >= 11 is 12.2. The summed E-state index contributed by atoms with van der Waals surface area (Å²) in [6.45, 7) is -0.400. The zero-order valence-electron chi connectivity index (χ0n) is 23.0. The van der Waals surface area contributed by atoms with Gasteiger partial charge in [-0.1, -0.05) is 35.3 Å². The van der Waals surface area contributed by atoms with Crippen LogP contribution in [0.25, 0.3) is 0 Å². The highest BCUT2D eigenvalue weighted by molar-refractivity contribution is 7.92. The first-order valence-electron chi connectivity index (χ1n) is 12.8. The third-order valence-electron chi connectivity index (χ3n) is 6.37. The summed E-state index contributed by atoms with van der Waals surface area (Å²) < 4.78 is 69.1. The summed E-state index contributed by atoms with van der Waals surface area (Å²) in [5.74, 6) is -1.10. The Balaban J connectivity index is 1.72. The molecule has 0 aliphatic heterocycles. The van der Waals surface area contributed by atoms with Crippen molar-refractivity contribution in [1.29, 1.82) is 0 Å². The Morgan fingerprint density at radius 3 is 2.21 bits per heavy atom. The van der Waals surface area contributed by atoms with Gasteiger partial charge >= 0.3 is 6.03 Å². The van der Waals surface area contributed by atoms with E-state index >= 15 is 0 Å². The summed E-state index contributed by atoms with van der Waals surface area (Å²) in [6, 6.07) is 17.8. The van der Waals surface area contributed by atoms with Crippen molar-refractivity contribution in [2.75, 3.05) is 36.9 Å². The topological polar surface area (TPSA) is 97.0 Å². The SMILES string of the molecule is COc1ccc(S(=O)(=O)N(CCNC(=O)Nc2cccc(Cl)c2)c2ccc(Cl)cc2Cc2c(F)cccc2F)cc1OC. The lowest BCUT2D eigenvalue weighted by Crippen LogP contribution is -2.40. The third kappa shape index (κ3) is 7.67. The van der Waals surface area contributed by atoms with Crippen LogP contribution in [0.4, 0.5) is 25.0 Å². The predicted octanol–water partition coefficient (Wildman–Crippen LogP) is 6.90. The monoisotopic (exact) mass is 649 g/mol. The van der Waals surface area contributed by atoms with Crippen molar-refractivity contribution in [3.05, 3.63) is 112 Å². The van der Waals surface area contributed by atoms with Gasteiger partial charge < -0.3 is 20.1 Å². The number of anilines is 2. The van der Waals surface area contributed by atoms with Crippen molar-refractivity contribution in [3.8, 4) is 11.5 Å². The van der Waals surface area contributed by atoms with Crippen molar-refractivity contribution < 1.29 is 31.5 Å². The largest absolute Gasteiger partial charge is 0.493 e. The van der Waals surface area contributed by atoms with Crippen LogP contribution in [-0.4, -0.2) is 41.8 Å². The minimum Gasteiger partial charge on any atom is -0.493 e. The maximum atomic E-state index is 14.6. The Morgan fingerprint density at radius 1 is 0.860 bits per heavy atom. The summed E-state index contributed by atoms with van der Waals surface area (Å²) in [4.78, 5) is 12.4. The Bertz CT molecular complexity index is 1720. The summed E-state index contributed by atoms with van der Waals surface area (Å²) in [5, 5.41) is 5.91. The summed E-state index contributed by atoms with van der Waals surface area (Å²) in [7, 11) is -1.56. The number of rotatable bonds is 11. The van der Waals surface area contributed by atoms with Crippen LogP contribution < -0.4 is 24.4 Å². The lowest BCUT2D eigenvalue weighted by atomic mass is 10.0. The molecule has 0 saturated heterocycles. The van der Waals surface area contributed by atoms with Crippen LogP contribution in [0, 0.1) is 11.6 Å². The molecule has 13 heteroatoms. The third-order valence-corrected chi connectivity index (χ3v) is 8.64. The maximum absolute atomic E-state index is 14.6.